The lowest BCUT2D eigenvalue weighted by Crippen LogP contribution is -2.19. The smallest absolute Gasteiger partial charge is 0.240 e. The van der Waals surface area contributed by atoms with Gasteiger partial charge in [-0.2, -0.15) is 11.8 Å². The molecule has 0 bridgehead atoms. The zero-order valence-electron chi connectivity index (χ0n) is 11.2. The van der Waals surface area contributed by atoms with Gasteiger partial charge in [-0.15, -0.1) is 0 Å². The molecule has 1 aromatic carbocycles. The van der Waals surface area contributed by atoms with Crippen LogP contribution in [0.3, 0.4) is 0 Å². The van der Waals surface area contributed by atoms with Crippen LogP contribution in [-0.4, -0.2) is 26.0 Å². The van der Waals surface area contributed by atoms with Crippen LogP contribution in [-0.2, 0) is 10.0 Å². The minimum Gasteiger partial charge on any atom is -0.396 e. The third-order valence-electron chi connectivity index (χ3n) is 2.67. The number of nitrogens with two attached hydrogens (primary N) is 2. The van der Waals surface area contributed by atoms with E-state index >= 15 is 0 Å². The van der Waals surface area contributed by atoms with Gasteiger partial charge in [-0.25, -0.2) is 13.6 Å². The summed E-state index contributed by atoms with van der Waals surface area (Å²) in [6.45, 7) is 4.16. The molecule has 7 heteroatoms. The summed E-state index contributed by atoms with van der Waals surface area (Å²) < 4.78 is 22.7. The maximum atomic E-state index is 11.4. The van der Waals surface area contributed by atoms with E-state index in [1.54, 1.807) is 12.1 Å². The molecular formula is C12H21N3O2S2. The lowest BCUT2D eigenvalue weighted by atomic mass is 10.2. The summed E-state index contributed by atoms with van der Waals surface area (Å²) in [4.78, 5) is -0.0346. The monoisotopic (exact) mass is 303 g/mol. The van der Waals surface area contributed by atoms with Gasteiger partial charge in [0, 0.05) is 6.04 Å². The van der Waals surface area contributed by atoms with Crippen molar-refractivity contribution >= 4 is 33.2 Å². The van der Waals surface area contributed by atoms with Gasteiger partial charge in [-0.05, 0) is 37.0 Å². The Kier molecular flexibility index (Phi) is 5.96. The lowest BCUT2D eigenvalue weighted by Gasteiger charge is -2.17. The molecule has 0 saturated heterocycles. The number of benzene rings is 1. The second-order valence-electron chi connectivity index (χ2n) is 4.29. The number of thioether (sulfide) groups is 1. The number of primary sulfonamides is 1. The van der Waals surface area contributed by atoms with E-state index in [2.05, 4.69) is 12.2 Å². The summed E-state index contributed by atoms with van der Waals surface area (Å²) in [6, 6.07) is 5.02. The Morgan fingerprint density at radius 1 is 1.42 bits per heavy atom. The molecule has 0 aromatic heterocycles. The maximum absolute atomic E-state index is 11.4. The van der Waals surface area contributed by atoms with Crippen LogP contribution in [0.4, 0.5) is 11.4 Å². The topological polar surface area (TPSA) is 98.2 Å². The highest BCUT2D eigenvalue weighted by Crippen LogP contribution is 2.26. The predicted octanol–water partition coefficient (Wildman–Crippen LogP) is 1.86. The zero-order chi connectivity index (χ0) is 14.5. The van der Waals surface area contributed by atoms with E-state index in [0.29, 0.717) is 5.69 Å². The Morgan fingerprint density at radius 2 is 2.11 bits per heavy atom. The van der Waals surface area contributed by atoms with Gasteiger partial charge in [0.15, 0.2) is 0 Å². The summed E-state index contributed by atoms with van der Waals surface area (Å²) >= 11 is 1.87. The van der Waals surface area contributed by atoms with Crippen molar-refractivity contribution < 1.29 is 8.42 Å². The molecule has 0 aliphatic rings. The summed E-state index contributed by atoms with van der Waals surface area (Å²) in [5.41, 5.74) is 6.64. The third-order valence-corrected chi connectivity index (χ3v) is 4.58. The van der Waals surface area contributed by atoms with Crippen molar-refractivity contribution in [3.8, 4) is 0 Å². The molecule has 0 aliphatic carbocycles. The summed E-state index contributed by atoms with van der Waals surface area (Å²) in [5, 5.41) is 8.34. The van der Waals surface area contributed by atoms with Gasteiger partial charge in [-0.1, -0.05) is 13.0 Å². The van der Waals surface area contributed by atoms with E-state index in [1.165, 1.54) is 6.07 Å². The Balaban J connectivity index is 2.80. The first-order valence-electron chi connectivity index (χ1n) is 6.11. The fourth-order valence-electron chi connectivity index (χ4n) is 1.66. The molecule has 5 nitrogen and oxygen atoms in total. The largest absolute Gasteiger partial charge is 0.396 e. The Hall–Kier alpha value is -0.920. The molecule has 0 amide bonds. The molecule has 108 valence electrons. The number of para-hydroxylation sites is 1. The van der Waals surface area contributed by atoms with Gasteiger partial charge in [-0.3, -0.25) is 0 Å². The summed E-state index contributed by atoms with van der Waals surface area (Å²) in [6.07, 6.45) is 0.984. The Bertz CT molecular complexity index is 518. The van der Waals surface area contributed by atoms with Crippen LogP contribution in [0, 0.1) is 0 Å². The van der Waals surface area contributed by atoms with Crippen molar-refractivity contribution in [1.29, 1.82) is 0 Å². The molecule has 19 heavy (non-hydrogen) atoms. The van der Waals surface area contributed by atoms with Gasteiger partial charge in [0.1, 0.15) is 4.90 Å². The van der Waals surface area contributed by atoms with Crippen LogP contribution in [0.25, 0.3) is 0 Å². The average Bonchev–Trinajstić information content (AvgIpc) is 2.30. The molecular weight excluding hydrogens is 282 g/mol. The molecule has 1 atom stereocenters. The first kappa shape index (κ1) is 16.1. The summed E-state index contributed by atoms with van der Waals surface area (Å²) in [5.74, 6) is 2.15. The second-order valence-corrected chi connectivity index (χ2v) is 7.22. The van der Waals surface area contributed by atoms with Gasteiger partial charge < -0.3 is 11.1 Å². The van der Waals surface area contributed by atoms with Crippen LogP contribution in [0.2, 0.25) is 0 Å². The molecule has 1 aromatic rings. The molecule has 5 N–H and O–H groups in total. The third kappa shape index (κ3) is 4.93. The second kappa shape index (κ2) is 7.02. The van der Waals surface area contributed by atoms with E-state index in [1.807, 2.05) is 18.7 Å². The Labute approximate surface area is 119 Å². The molecule has 0 radical (unpaired) electrons. The number of hydrogen-bond acceptors (Lipinski definition) is 5. The fourth-order valence-corrected chi connectivity index (χ4v) is 3.15. The number of hydrogen-bond donors (Lipinski definition) is 3. The van der Waals surface area contributed by atoms with Crippen LogP contribution in [0.1, 0.15) is 20.3 Å². The van der Waals surface area contributed by atoms with Crippen molar-refractivity contribution in [2.45, 2.75) is 31.2 Å². The number of anilines is 2. The number of nitrogens with one attached hydrogen (secondary N) is 1. The number of nitrogen functional groups attached to an aromatic ring is 1. The van der Waals surface area contributed by atoms with Crippen molar-refractivity contribution in [3.63, 3.8) is 0 Å². The molecule has 0 fully saturated rings. The molecule has 0 heterocycles. The van der Waals surface area contributed by atoms with E-state index in [-0.39, 0.29) is 16.6 Å². The van der Waals surface area contributed by atoms with Crippen LogP contribution in [0.15, 0.2) is 23.1 Å². The number of sulfonamides is 1. The highest BCUT2D eigenvalue weighted by atomic mass is 32.2. The number of rotatable bonds is 7. The van der Waals surface area contributed by atoms with Crippen molar-refractivity contribution in [1.82, 2.24) is 0 Å². The van der Waals surface area contributed by atoms with Gasteiger partial charge in [0.25, 0.3) is 0 Å². The van der Waals surface area contributed by atoms with Crippen LogP contribution in [0.5, 0.6) is 0 Å². The van der Waals surface area contributed by atoms with Crippen molar-refractivity contribution in [2.75, 3.05) is 22.6 Å². The lowest BCUT2D eigenvalue weighted by molar-refractivity contribution is 0.598. The average molecular weight is 303 g/mol. The quantitative estimate of drug-likeness (QED) is 0.527. The first-order chi connectivity index (χ1) is 8.86. The Morgan fingerprint density at radius 3 is 2.68 bits per heavy atom. The van der Waals surface area contributed by atoms with Crippen molar-refractivity contribution in [3.05, 3.63) is 18.2 Å². The van der Waals surface area contributed by atoms with E-state index < -0.39 is 10.0 Å². The van der Waals surface area contributed by atoms with E-state index in [4.69, 9.17) is 10.9 Å². The van der Waals surface area contributed by atoms with E-state index in [9.17, 15) is 8.42 Å². The normalized spacial score (nSPS) is 13.2. The van der Waals surface area contributed by atoms with Gasteiger partial charge in [0.05, 0.1) is 11.4 Å². The zero-order valence-corrected chi connectivity index (χ0v) is 12.9. The highest BCUT2D eigenvalue weighted by molar-refractivity contribution is 7.99. The minimum atomic E-state index is -3.78. The van der Waals surface area contributed by atoms with E-state index in [0.717, 1.165) is 17.9 Å². The summed E-state index contributed by atoms with van der Waals surface area (Å²) in [7, 11) is -3.78. The SMILES string of the molecule is CCSCCC(C)Nc1cccc(S(N)(=O)=O)c1N. The van der Waals surface area contributed by atoms with Crippen molar-refractivity contribution in [2.24, 2.45) is 5.14 Å². The molecule has 0 aliphatic heterocycles. The minimum absolute atomic E-state index is 0.0346. The maximum Gasteiger partial charge on any atom is 0.240 e. The van der Waals surface area contributed by atoms with Gasteiger partial charge in [0.2, 0.25) is 10.0 Å². The standard InChI is InChI=1S/C12H21N3O2S2/c1-3-18-8-7-9(2)15-10-5-4-6-11(12(10)13)19(14,16)17/h4-6,9,15H,3,7-8,13H2,1-2H3,(H2,14,16,17). The van der Waals surface area contributed by atoms with Crippen LogP contribution < -0.4 is 16.2 Å². The molecule has 1 rings (SSSR count). The predicted molar refractivity (Wildman–Crippen MR) is 82.9 cm³/mol. The first-order valence-corrected chi connectivity index (χ1v) is 8.82. The highest BCUT2D eigenvalue weighted by Gasteiger charge is 2.15. The molecule has 0 saturated carbocycles. The fraction of sp³-hybridized carbons (Fsp3) is 0.500. The van der Waals surface area contributed by atoms with Gasteiger partial charge >= 0.3 is 0 Å². The molecule has 1 unspecified atom stereocenters. The molecule has 0 spiro atoms. The van der Waals surface area contributed by atoms with Crippen LogP contribution >= 0.6 is 11.8 Å².